The van der Waals surface area contributed by atoms with Crippen LogP contribution in [0.4, 0.5) is 0 Å². The maximum atomic E-state index is 11.8. The van der Waals surface area contributed by atoms with Gasteiger partial charge in [-0.15, -0.1) is 0 Å². The number of thiophene rings is 1. The summed E-state index contributed by atoms with van der Waals surface area (Å²) >= 11 is 1.46. The number of primary amides is 1. The summed E-state index contributed by atoms with van der Waals surface area (Å²) in [5.74, 6) is -0.486. The average Bonchev–Trinajstić information content (AvgIpc) is 3.13. The maximum Gasteiger partial charge on any atom is 0.252 e. The molecule has 0 saturated carbocycles. The number of nitrogens with one attached hydrogen (secondary N) is 2. The molecule has 8 heteroatoms. The summed E-state index contributed by atoms with van der Waals surface area (Å²) in [4.78, 5) is 37.0. The highest BCUT2D eigenvalue weighted by Gasteiger charge is 2.23. The third-order valence-corrected chi connectivity index (χ3v) is 4.99. The fraction of sp³-hybridized carbons (Fsp3) is 0.588. The van der Waals surface area contributed by atoms with Crippen LogP contribution in [-0.2, 0) is 9.59 Å². The van der Waals surface area contributed by atoms with Gasteiger partial charge in [0.1, 0.15) is 0 Å². The summed E-state index contributed by atoms with van der Waals surface area (Å²) < 4.78 is 0. The van der Waals surface area contributed by atoms with Crippen molar-refractivity contribution < 1.29 is 14.4 Å². The molecule has 0 radical (unpaired) electrons. The van der Waals surface area contributed by atoms with Crippen LogP contribution in [-0.4, -0.2) is 55.3 Å². The molecule has 1 aromatic heterocycles. The van der Waals surface area contributed by atoms with E-state index in [1.807, 2.05) is 5.38 Å². The van der Waals surface area contributed by atoms with Crippen LogP contribution < -0.4 is 16.4 Å². The van der Waals surface area contributed by atoms with Crippen LogP contribution in [0.3, 0.4) is 0 Å². The number of amides is 3. The summed E-state index contributed by atoms with van der Waals surface area (Å²) in [6.07, 6.45) is 2.96. The molecule has 1 aromatic rings. The van der Waals surface area contributed by atoms with Gasteiger partial charge in [-0.25, -0.2) is 0 Å². The number of piperidine rings is 1. The molecule has 1 saturated heterocycles. The lowest BCUT2D eigenvalue weighted by molar-refractivity contribution is -0.123. The SMILES string of the molecule is NC(=O)C1CCCN(CCCNC(=O)CCNC(=O)c2ccsc2)C1. The van der Waals surface area contributed by atoms with E-state index < -0.39 is 0 Å². The molecule has 2 heterocycles. The number of carbonyl (C=O) groups excluding carboxylic acids is 3. The Morgan fingerprint density at radius 2 is 2.12 bits per heavy atom. The second-order valence-corrected chi connectivity index (χ2v) is 7.04. The molecule has 138 valence electrons. The number of rotatable bonds is 9. The van der Waals surface area contributed by atoms with E-state index in [2.05, 4.69) is 15.5 Å². The maximum absolute atomic E-state index is 11.8. The summed E-state index contributed by atoms with van der Waals surface area (Å²) in [5, 5.41) is 9.21. The molecule has 1 atom stereocenters. The molecule has 0 bridgehead atoms. The van der Waals surface area contributed by atoms with Crippen LogP contribution in [0.5, 0.6) is 0 Å². The summed E-state index contributed by atoms with van der Waals surface area (Å²) in [6.45, 7) is 3.46. The van der Waals surface area contributed by atoms with Crippen molar-refractivity contribution in [2.45, 2.75) is 25.7 Å². The molecular formula is C17H26N4O3S. The molecule has 2 rings (SSSR count). The number of nitrogens with two attached hydrogens (primary N) is 1. The molecule has 1 unspecified atom stereocenters. The van der Waals surface area contributed by atoms with Gasteiger partial charge in [0.2, 0.25) is 11.8 Å². The molecule has 25 heavy (non-hydrogen) atoms. The van der Waals surface area contributed by atoms with Crippen LogP contribution in [0.25, 0.3) is 0 Å². The van der Waals surface area contributed by atoms with Crippen molar-refractivity contribution in [1.82, 2.24) is 15.5 Å². The van der Waals surface area contributed by atoms with E-state index in [9.17, 15) is 14.4 Å². The van der Waals surface area contributed by atoms with Gasteiger partial charge in [0.25, 0.3) is 5.91 Å². The third-order valence-electron chi connectivity index (χ3n) is 4.30. The van der Waals surface area contributed by atoms with Crippen LogP contribution in [0.1, 0.15) is 36.0 Å². The Balaban J connectivity index is 1.52. The standard InChI is InChI=1S/C17H26N4O3S/c18-16(23)13-3-1-8-21(11-13)9-2-6-19-15(22)4-7-20-17(24)14-5-10-25-12-14/h5,10,12-13H,1-4,6-9,11H2,(H2,18,23)(H,19,22)(H,20,24). The van der Waals surface area contributed by atoms with Crippen molar-refractivity contribution in [3.05, 3.63) is 22.4 Å². The van der Waals surface area contributed by atoms with E-state index in [1.165, 1.54) is 11.3 Å². The number of hydrogen-bond donors (Lipinski definition) is 3. The van der Waals surface area contributed by atoms with Gasteiger partial charge in [0.15, 0.2) is 0 Å². The highest BCUT2D eigenvalue weighted by Crippen LogP contribution is 2.15. The van der Waals surface area contributed by atoms with Crippen molar-refractivity contribution in [1.29, 1.82) is 0 Å². The molecule has 1 fully saturated rings. The number of nitrogens with zero attached hydrogens (tertiary/aromatic N) is 1. The lowest BCUT2D eigenvalue weighted by atomic mass is 9.97. The van der Waals surface area contributed by atoms with E-state index in [-0.39, 0.29) is 30.1 Å². The zero-order chi connectivity index (χ0) is 18.1. The summed E-state index contributed by atoms with van der Waals surface area (Å²) in [6, 6.07) is 1.75. The number of carbonyl (C=O) groups is 3. The molecule has 0 aromatic carbocycles. The fourth-order valence-corrected chi connectivity index (χ4v) is 3.53. The Bertz CT molecular complexity index is 576. The van der Waals surface area contributed by atoms with Crippen molar-refractivity contribution in [2.24, 2.45) is 11.7 Å². The second kappa shape index (κ2) is 10.1. The monoisotopic (exact) mass is 366 g/mol. The quantitative estimate of drug-likeness (QED) is 0.556. The fourth-order valence-electron chi connectivity index (χ4n) is 2.90. The Kier molecular flexibility index (Phi) is 7.87. The number of hydrogen-bond acceptors (Lipinski definition) is 5. The minimum Gasteiger partial charge on any atom is -0.369 e. The van der Waals surface area contributed by atoms with E-state index in [1.54, 1.807) is 11.4 Å². The molecular weight excluding hydrogens is 340 g/mol. The molecule has 4 N–H and O–H groups in total. The first-order valence-corrected chi connectivity index (χ1v) is 9.59. The first kappa shape index (κ1) is 19.4. The van der Waals surface area contributed by atoms with Crippen LogP contribution in [0.15, 0.2) is 16.8 Å². The topological polar surface area (TPSA) is 105 Å². The van der Waals surface area contributed by atoms with Crippen LogP contribution >= 0.6 is 11.3 Å². The largest absolute Gasteiger partial charge is 0.369 e. The van der Waals surface area contributed by atoms with Crippen molar-refractivity contribution in [2.75, 3.05) is 32.7 Å². The van der Waals surface area contributed by atoms with Crippen molar-refractivity contribution >= 4 is 29.1 Å². The Morgan fingerprint density at radius 1 is 1.28 bits per heavy atom. The smallest absolute Gasteiger partial charge is 0.252 e. The van der Waals surface area contributed by atoms with Gasteiger partial charge in [-0.3, -0.25) is 14.4 Å². The molecule has 1 aliphatic rings. The molecule has 0 spiro atoms. The molecule has 7 nitrogen and oxygen atoms in total. The first-order valence-electron chi connectivity index (χ1n) is 8.65. The molecule has 1 aliphatic heterocycles. The predicted octanol–water partition coefficient (Wildman–Crippen LogP) is 0.572. The highest BCUT2D eigenvalue weighted by molar-refractivity contribution is 7.08. The van der Waals surface area contributed by atoms with E-state index in [0.717, 1.165) is 38.9 Å². The highest BCUT2D eigenvalue weighted by atomic mass is 32.1. The van der Waals surface area contributed by atoms with E-state index in [0.29, 0.717) is 18.7 Å². The van der Waals surface area contributed by atoms with Gasteiger partial charge in [0.05, 0.1) is 5.92 Å². The normalized spacial score (nSPS) is 17.8. The van der Waals surface area contributed by atoms with Gasteiger partial charge in [0, 0.05) is 37.0 Å². The Labute approximate surface area is 151 Å². The minimum absolute atomic E-state index is 0.0461. The molecule has 3 amide bonds. The second-order valence-electron chi connectivity index (χ2n) is 6.26. The van der Waals surface area contributed by atoms with Gasteiger partial charge >= 0.3 is 0 Å². The first-order chi connectivity index (χ1) is 12.1. The predicted molar refractivity (Wildman–Crippen MR) is 97.3 cm³/mol. The minimum atomic E-state index is -0.220. The van der Waals surface area contributed by atoms with Gasteiger partial charge in [-0.2, -0.15) is 11.3 Å². The zero-order valence-corrected chi connectivity index (χ0v) is 15.1. The lowest BCUT2D eigenvalue weighted by Crippen LogP contribution is -2.42. The molecule has 0 aliphatic carbocycles. The van der Waals surface area contributed by atoms with Gasteiger partial charge < -0.3 is 21.3 Å². The third kappa shape index (κ3) is 6.83. The Hall–Kier alpha value is -1.93. The van der Waals surface area contributed by atoms with E-state index in [4.69, 9.17) is 5.73 Å². The lowest BCUT2D eigenvalue weighted by Gasteiger charge is -2.31. The number of likely N-dealkylation sites (tertiary alicyclic amines) is 1. The summed E-state index contributed by atoms with van der Waals surface area (Å²) in [5.41, 5.74) is 6.00. The summed E-state index contributed by atoms with van der Waals surface area (Å²) in [7, 11) is 0. The Morgan fingerprint density at radius 3 is 2.84 bits per heavy atom. The van der Waals surface area contributed by atoms with Crippen molar-refractivity contribution in [3.8, 4) is 0 Å². The van der Waals surface area contributed by atoms with Crippen LogP contribution in [0.2, 0.25) is 0 Å². The van der Waals surface area contributed by atoms with Crippen LogP contribution in [0, 0.1) is 5.92 Å². The van der Waals surface area contributed by atoms with Gasteiger partial charge in [-0.05, 0) is 43.8 Å². The average molecular weight is 366 g/mol. The van der Waals surface area contributed by atoms with Crippen molar-refractivity contribution in [3.63, 3.8) is 0 Å². The van der Waals surface area contributed by atoms with E-state index >= 15 is 0 Å². The van der Waals surface area contributed by atoms with Gasteiger partial charge in [-0.1, -0.05) is 0 Å². The zero-order valence-electron chi connectivity index (χ0n) is 14.3.